The number of hydrogen-bond acceptors (Lipinski definition) is 6. The SMILES string of the molecule is COc1ccccc1OCCN1C(=O)S/C(=C\c2ccc(-c3ccccc3Cl)o2)C1=O. The molecule has 1 aliphatic rings. The third kappa shape index (κ3) is 4.62. The van der Waals surface area contributed by atoms with Crippen molar-refractivity contribution in [1.29, 1.82) is 0 Å². The minimum atomic E-state index is -0.380. The van der Waals surface area contributed by atoms with Crippen LogP contribution in [0.15, 0.2) is 70.0 Å². The van der Waals surface area contributed by atoms with Crippen molar-refractivity contribution in [2.24, 2.45) is 0 Å². The van der Waals surface area contributed by atoms with Crippen LogP contribution in [-0.2, 0) is 4.79 Å². The lowest BCUT2D eigenvalue weighted by Crippen LogP contribution is -2.32. The Morgan fingerprint density at radius 3 is 2.55 bits per heavy atom. The molecule has 0 bridgehead atoms. The summed E-state index contributed by atoms with van der Waals surface area (Å²) in [7, 11) is 1.55. The number of hydrogen-bond donors (Lipinski definition) is 0. The molecule has 0 unspecified atom stereocenters. The van der Waals surface area contributed by atoms with Crippen LogP contribution >= 0.6 is 23.4 Å². The highest BCUT2D eigenvalue weighted by Gasteiger charge is 2.35. The van der Waals surface area contributed by atoms with E-state index in [-0.39, 0.29) is 24.3 Å². The maximum Gasteiger partial charge on any atom is 0.293 e. The van der Waals surface area contributed by atoms with Crippen molar-refractivity contribution in [3.63, 3.8) is 0 Å². The molecule has 1 aliphatic heterocycles. The summed E-state index contributed by atoms with van der Waals surface area (Å²) in [4.78, 5) is 26.5. The average molecular weight is 456 g/mol. The second-order valence-electron chi connectivity index (χ2n) is 6.51. The number of ether oxygens (including phenoxy) is 2. The number of methoxy groups -OCH3 is 1. The fraction of sp³-hybridized carbons (Fsp3) is 0.130. The molecular weight excluding hydrogens is 438 g/mol. The number of benzene rings is 2. The minimum absolute atomic E-state index is 0.128. The maximum atomic E-state index is 12.7. The molecule has 0 aliphatic carbocycles. The van der Waals surface area contributed by atoms with Crippen molar-refractivity contribution in [1.82, 2.24) is 4.90 Å². The van der Waals surface area contributed by atoms with Gasteiger partial charge in [0.25, 0.3) is 11.1 Å². The van der Waals surface area contributed by atoms with Crippen LogP contribution in [-0.4, -0.2) is 36.3 Å². The quantitative estimate of drug-likeness (QED) is 0.424. The van der Waals surface area contributed by atoms with Crippen molar-refractivity contribution >= 4 is 40.6 Å². The van der Waals surface area contributed by atoms with E-state index < -0.39 is 0 Å². The fourth-order valence-corrected chi connectivity index (χ4v) is 4.12. The molecule has 2 aromatic carbocycles. The zero-order valence-corrected chi connectivity index (χ0v) is 18.1. The van der Waals surface area contributed by atoms with E-state index in [1.54, 1.807) is 43.5 Å². The summed E-state index contributed by atoms with van der Waals surface area (Å²) >= 11 is 7.08. The summed E-state index contributed by atoms with van der Waals surface area (Å²) in [6, 6.07) is 18.0. The molecule has 1 aromatic heterocycles. The van der Waals surface area contributed by atoms with Gasteiger partial charge in [0.1, 0.15) is 18.1 Å². The Hall–Kier alpha value is -3.16. The van der Waals surface area contributed by atoms with Crippen LogP contribution in [0.2, 0.25) is 5.02 Å². The molecule has 8 heteroatoms. The van der Waals surface area contributed by atoms with Gasteiger partial charge in [-0.3, -0.25) is 14.5 Å². The van der Waals surface area contributed by atoms with Crippen LogP contribution < -0.4 is 9.47 Å². The number of amides is 2. The lowest BCUT2D eigenvalue weighted by atomic mass is 10.2. The van der Waals surface area contributed by atoms with Crippen molar-refractivity contribution in [2.75, 3.05) is 20.3 Å². The lowest BCUT2D eigenvalue weighted by Gasteiger charge is -2.14. The van der Waals surface area contributed by atoms with Crippen LogP contribution in [0.25, 0.3) is 17.4 Å². The van der Waals surface area contributed by atoms with Crippen molar-refractivity contribution in [2.45, 2.75) is 0 Å². The molecule has 0 N–H and O–H groups in total. The first-order valence-corrected chi connectivity index (χ1v) is 10.6. The van der Waals surface area contributed by atoms with E-state index in [4.69, 9.17) is 25.5 Å². The van der Waals surface area contributed by atoms with Gasteiger partial charge in [0.15, 0.2) is 11.5 Å². The highest BCUT2D eigenvalue weighted by atomic mass is 35.5. The van der Waals surface area contributed by atoms with E-state index in [2.05, 4.69) is 0 Å². The number of rotatable bonds is 7. The molecule has 1 fully saturated rings. The molecule has 158 valence electrons. The number of furan rings is 1. The predicted octanol–water partition coefficient (Wildman–Crippen LogP) is 5.72. The van der Waals surface area contributed by atoms with Gasteiger partial charge in [0, 0.05) is 11.6 Å². The van der Waals surface area contributed by atoms with Crippen molar-refractivity contribution in [3.8, 4) is 22.8 Å². The second-order valence-corrected chi connectivity index (χ2v) is 7.91. The van der Waals surface area contributed by atoms with Crippen LogP contribution in [0, 0.1) is 0 Å². The van der Waals surface area contributed by atoms with Crippen molar-refractivity contribution in [3.05, 3.63) is 76.4 Å². The van der Waals surface area contributed by atoms with Crippen LogP contribution in [0.5, 0.6) is 11.5 Å². The molecule has 31 heavy (non-hydrogen) atoms. The summed E-state index contributed by atoms with van der Waals surface area (Å²) in [5, 5.41) is 0.219. The monoisotopic (exact) mass is 455 g/mol. The van der Waals surface area contributed by atoms with E-state index in [0.29, 0.717) is 32.9 Å². The highest BCUT2D eigenvalue weighted by Crippen LogP contribution is 2.34. The Morgan fingerprint density at radius 2 is 1.77 bits per heavy atom. The molecule has 2 amide bonds. The molecular formula is C23H18ClNO5S. The number of para-hydroxylation sites is 2. The molecule has 6 nitrogen and oxygen atoms in total. The largest absolute Gasteiger partial charge is 0.493 e. The van der Waals surface area contributed by atoms with Crippen LogP contribution in [0.3, 0.4) is 0 Å². The van der Waals surface area contributed by atoms with Gasteiger partial charge in [0.05, 0.1) is 23.6 Å². The van der Waals surface area contributed by atoms with E-state index in [1.165, 1.54) is 0 Å². The zero-order chi connectivity index (χ0) is 21.8. The number of halogens is 1. The smallest absolute Gasteiger partial charge is 0.293 e. The Kier molecular flexibility index (Phi) is 6.34. The maximum absolute atomic E-state index is 12.7. The van der Waals surface area contributed by atoms with Gasteiger partial charge in [-0.15, -0.1) is 0 Å². The first-order chi connectivity index (χ1) is 15.1. The Morgan fingerprint density at radius 1 is 1.03 bits per heavy atom. The summed E-state index contributed by atoms with van der Waals surface area (Å²) in [5.74, 6) is 1.81. The minimum Gasteiger partial charge on any atom is -0.493 e. The van der Waals surface area contributed by atoms with Crippen molar-refractivity contribution < 1.29 is 23.5 Å². The van der Waals surface area contributed by atoms with Crippen LogP contribution in [0.1, 0.15) is 5.76 Å². The normalized spacial score (nSPS) is 15.0. The molecule has 4 rings (SSSR count). The number of nitrogens with zero attached hydrogens (tertiary/aromatic N) is 1. The Labute approximate surface area is 188 Å². The van der Waals surface area contributed by atoms with Gasteiger partial charge in [-0.1, -0.05) is 35.9 Å². The summed E-state index contributed by atoms with van der Waals surface area (Å²) in [5.41, 5.74) is 0.755. The van der Waals surface area contributed by atoms with E-state index in [1.807, 2.05) is 30.3 Å². The third-order valence-corrected chi connectivity index (χ3v) is 5.79. The number of carbonyl (C=O) groups is 2. The summed E-state index contributed by atoms with van der Waals surface area (Å²) in [6.45, 7) is 0.284. The number of thioether (sulfide) groups is 1. The van der Waals surface area contributed by atoms with E-state index >= 15 is 0 Å². The summed E-state index contributed by atoms with van der Waals surface area (Å²) < 4.78 is 16.7. The predicted molar refractivity (Wildman–Crippen MR) is 120 cm³/mol. The second kappa shape index (κ2) is 9.32. The molecule has 0 atom stereocenters. The first-order valence-electron chi connectivity index (χ1n) is 9.43. The Balaban J connectivity index is 1.42. The first kappa shape index (κ1) is 21.1. The topological polar surface area (TPSA) is 69.0 Å². The van der Waals surface area contributed by atoms with Gasteiger partial charge in [-0.25, -0.2) is 0 Å². The molecule has 0 saturated carbocycles. The van der Waals surface area contributed by atoms with E-state index in [9.17, 15) is 9.59 Å². The average Bonchev–Trinajstić information content (AvgIpc) is 3.34. The van der Waals surface area contributed by atoms with Gasteiger partial charge in [-0.05, 0) is 48.2 Å². The fourth-order valence-electron chi connectivity index (χ4n) is 3.04. The molecule has 2 heterocycles. The van der Waals surface area contributed by atoms with Gasteiger partial charge < -0.3 is 13.9 Å². The summed E-state index contributed by atoms with van der Waals surface area (Å²) in [6.07, 6.45) is 1.56. The van der Waals surface area contributed by atoms with Gasteiger partial charge >= 0.3 is 0 Å². The van der Waals surface area contributed by atoms with Gasteiger partial charge in [-0.2, -0.15) is 0 Å². The number of carbonyl (C=O) groups excluding carboxylic acids is 2. The third-order valence-electron chi connectivity index (χ3n) is 4.55. The zero-order valence-electron chi connectivity index (χ0n) is 16.5. The molecule has 1 saturated heterocycles. The highest BCUT2D eigenvalue weighted by molar-refractivity contribution is 8.18. The van der Waals surface area contributed by atoms with Gasteiger partial charge in [0.2, 0.25) is 0 Å². The molecule has 0 spiro atoms. The molecule has 0 radical (unpaired) electrons. The molecule has 3 aromatic rings. The van der Waals surface area contributed by atoms with Crippen LogP contribution in [0.4, 0.5) is 4.79 Å². The standard InChI is InChI=1S/C23H18ClNO5S/c1-28-19-8-4-5-9-20(19)29-13-12-25-22(26)21(31-23(25)27)14-15-10-11-18(30-15)16-6-2-3-7-17(16)24/h2-11,14H,12-13H2,1H3/b21-14-. The Bertz CT molecular complexity index is 1160. The lowest BCUT2D eigenvalue weighted by molar-refractivity contribution is -0.123. The number of imide groups is 1. The van der Waals surface area contributed by atoms with E-state index in [0.717, 1.165) is 22.2 Å².